The average Bonchev–Trinajstić information content (AvgIpc) is 2.37. The van der Waals surface area contributed by atoms with Crippen LogP contribution in [0.3, 0.4) is 0 Å². The Labute approximate surface area is 59.0 Å². The second kappa shape index (κ2) is 3.22. The van der Waals surface area contributed by atoms with Crippen LogP contribution in [0.15, 0.2) is 0 Å². The fourth-order valence-corrected chi connectivity index (χ4v) is 1.34. The number of rotatable bonds is 1. The molecule has 0 bridgehead atoms. The van der Waals surface area contributed by atoms with E-state index in [-0.39, 0.29) is 11.2 Å². The van der Waals surface area contributed by atoms with Crippen molar-refractivity contribution in [3.8, 4) is 0 Å². The number of carbonyl (C=O) groups is 1. The van der Waals surface area contributed by atoms with E-state index in [1.807, 2.05) is 0 Å². The van der Waals surface area contributed by atoms with E-state index in [4.69, 9.17) is 4.74 Å². The van der Waals surface area contributed by atoms with E-state index in [1.54, 1.807) is 6.26 Å². The maximum absolute atomic E-state index is 10.9. The highest BCUT2D eigenvalue weighted by atomic mass is 32.2. The minimum Gasteiger partial charge on any atom is -0.369 e. The summed E-state index contributed by atoms with van der Waals surface area (Å²) in [6.45, 7) is 0.761. The van der Waals surface area contributed by atoms with Crippen LogP contribution in [0.1, 0.15) is 12.8 Å². The number of hydrogen-bond donors (Lipinski definition) is 0. The summed E-state index contributed by atoms with van der Waals surface area (Å²) >= 11 is 1.26. The molecule has 52 valence electrons. The van der Waals surface area contributed by atoms with Gasteiger partial charge < -0.3 is 4.74 Å². The molecule has 1 fully saturated rings. The summed E-state index contributed by atoms with van der Waals surface area (Å²) in [6, 6.07) is 0. The smallest absolute Gasteiger partial charge is 0.217 e. The standard InChI is InChI=1S/C6H10O2S/c1-9-6(7)5-3-2-4-8-5/h5H,2-4H2,1H3/t5-/m1/s1. The Hall–Kier alpha value is -0.0200. The van der Waals surface area contributed by atoms with E-state index in [2.05, 4.69) is 0 Å². The number of thioether (sulfide) groups is 1. The molecule has 0 unspecified atom stereocenters. The van der Waals surface area contributed by atoms with Crippen LogP contribution in [0.2, 0.25) is 0 Å². The van der Waals surface area contributed by atoms with Crippen molar-refractivity contribution >= 4 is 16.9 Å². The molecular formula is C6H10O2S. The van der Waals surface area contributed by atoms with Crippen LogP contribution >= 0.6 is 11.8 Å². The molecule has 1 atom stereocenters. The van der Waals surface area contributed by atoms with Crippen LogP contribution in [0.4, 0.5) is 0 Å². The van der Waals surface area contributed by atoms with Crippen molar-refractivity contribution in [1.29, 1.82) is 0 Å². The van der Waals surface area contributed by atoms with Gasteiger partial charge in [0.2, 0.25) is 5.12 Å². The predicted octanol–water partition coefficient (Wildman–Crippen LogP) is 1.05. The summed E-state index contributed by atoms with van der Waals surface area (Å²) in [5.74, 6) is 0. The lowest BCUT2D eigenvalue weighted by Gasteiger charge is -2.02. The summed E-state index contributed by atoms with van der Waals surface area (Å²) in [5, 5.41) is 0.174. The van der Waals surface area contributed by atoms with Gasteiger partial charge in [-0.1, -0.05) is 11.8 Å². The number of carbonyl (C=O) groups excluding carboxylic acids is 1. The van der Waals surface area contributed by atoms with Crippen LogP contribution in [0.25, 0.3) is 0 Å². The van der Waals surface area contributed by atoms with Gasteiger partial charge in [0.15, 0.2) is 0 Å². The molecule has 9 heavy (non-hydrogen) atoms. The highest BCUT2D eigenvalue weighted by Crippen LogP contribution is 2.16. The van der Waals surface area contributed by atoms with Crippen LogP contribution in [0.5, 0.6) is 0 Å². The van der Waals surface area contributed by atoms with Crippen LogP contribution < -0.4 is 0 Å². The monoisotopic (exact) mass is 146 g/mol. The predicted molar refractivity (Wildman–Crippen MR) is 37.5 cm³/mol. The summed E-state index contributed by atoms with van der Waals surface area (Å²) in [4.78, 5) is 10.9. The van der Waals surface area contributed by atoms with Gasteiger partial charge in [-0.25, -0.2) is 0 Å². The Bertz CT molecular complexity index is 108. The number of hydrogen-bond acceptors (Lipinski definition) is 3. The van der Waals surface area contributed by atoms with Crippen molar-refractivity contribution in [1.82, 2.24) is 0 Å². The van der Waals surface area contributed by atoms with E-state index in [0.29, 0.717) is 0 Å². The Morgan fingerprint density at radius 2 is 2.56 bits per heavy atom. The molecule has 1 saturated heterocycles. The molecule has 1 aliphatic rings. The molecular weight excluding hydrogens is 136 g/mol. The summed E-state index contributed by atoms with van der Waals surface area (Å²) in [5.41, 5.74) is 0. The molecule has 0 spiro atoms. The molecule has 1 heterocycles. The van der Waals surface area contributed by atoms with Crippen LogP contribution in [-0.4, -0.2) is 24.1 Å². The second-order valence-corrected chi connectivity index (χ2v) is 2.84. The fourth-order valence-electron chi connectivity index (χ4n) is 0.895. The fraction of sp³-hybridized carbons (Fsp3) is 0.833. The molecule has 0 radical (unpaired) electrons. The van der Waals surface area contributed by atoms with Crippen molar-refractivity contribution in [2.75, 3.05) is 12.9 Å². The molecule has 1 aliphatic heterocycles. The van der Waals surface area contributed by atoms with E-state index in [1.165, 1.54) is 11.8 Å². The zero-order valence-electron chi connectivity index (χ0n) is 5.42. The van der Waals surface area contributed by atoms with Gasteiger partial charge in [-0.2, -0.15) is 0 Å². The summed E-state index contributed by atoms with van der Waals surface area (Å²) < 4.78 is 5.14. The van der Waals surface area contributed by atoms with Gasteiger partial charge in [0.25, 0.3) is 0 Å². The summed E-state index contributed by atoms with van der Waals surface area (Å²) in [6.07, 6.45) is 3.65. The quantitative estimate of drug-likeness (QED) is 0.553. The highest BCUT2D eigenvalue weighted by Gasteiger charge is 2.21. The van der Waals surface area contributed by atoms with Gasteiger partial charge in [-0.15, -0.1) is 0 Å². The molecule has 0 amide bonds. The Kier molecular flexibility index (Phi) is 2.54. The Morgan fingerprint density at radius 1 is 1.78 bits per heavy atom. The zero-order valence-corrected chi connectivity index (χ0v) is 6.24. The van der Waals surface area contributed by atoms with Gasteiger partial charge in [0.05, 0.1) is 0 Å². The third-order valence-electron chi connectivity index (χ3n) is 1.39. The van der Waals surface area contributed by atoms with E-state index >= 15 is 0 Å². The van der Waals surface area contributed by atoms with Crippen LogP contribution in [0, 0.1) is 0 Å². The molecule has 0 aromatic carbocycles. The molecule has 1 rings (SSSR count). The Balaban J connectivity index is 2.32. The molecule has 0 N–H and O–H groups in total. The molecule has 2 nitrogen and oxygen atoms in total. The van der Waals surface area contributed by atoms with E-state index in [9.17, 15) is 4.79 Å². The molecule has 0 aromatic heterocycles. The lowest BCUT2D eigenvalue weighted by molar-refractivity contribution is -0.118. The first-order chi connectivity index (χ1) is 4.34. The van der Waals surface area contributed by atoms with E-state index in [0.717, 1.165) is 19.4 Å². The normalized spacial score (nSPS) is 26.6. The maximum atomic E-state index is 10.9. The topological polar surface area (TPSA) is 26.3 Å². The minimum atomic E-state index is -0.0972. The van der Waals surface area contributed by atoms with Crippen molar-refractivity contribution in [3.63, 3.8) is 0 Å². The minimum absolute atomic E-state index is 0.0972. The third kappa shape index (κ3) is 1.69. The Morgan fingerprint density at radius 3 is 3.00 bits per heavy atom. The first-order valence-electron chi connectivity index (χ1n) is 3.04. The first kappa shape index (κ1) is 7.09. The van der Waals surface area contributed by atoms with E-state index < -0.39 is 0 Å². The van der Waals surface area contributed by atoms with Gasteiger partial charge in [0, 0.05) is 6.61 Å². The maximum Gasteiger partial charge on any atom is 0.217 e. The molecule has 0 aromatic rings. The van der Waals surface area contributed by atoms with Gasteiger partial charge in [-0.05, 0) is 19.1 Å². The molecule has 3 heteroatoms. The molecule has 0 saturated carbocycles. The SMILES string of the molecule is CSC(=O)[C@H]1CCCO1. The highest BCUT2D eigenvalue weighted by molar-refractivity contribution is 8.13. The average molecular weight is 146 g/mol. The van der Waals surface area contributed by atoms with Crippen molar-refractivity contribution in [2.24, 2.45) is 0 Å². The van der Waals surface area contributed by atoms with Crippen molar-refractivity contribution in [2.45, 2.75) is 18.9 Å². The summed E-state index contributed by atoms with van der Waals surface area (Å²) in [7, 11) is 0. The lowest BCUT2D eigenvalue weighted by Crippen LogP contribution is -2.14. The molecule has 0 aliphatic carbocycles. The number of ether oxygens (including phenoxy) is 1. The third-order valence-corrected chi connectivity index (χ3v) is 2.06. The van der Waals surface area contributed by atoms with Gasteiger partial charge in [-0.3, -0.25) is 4.79 Å². The van der Waals surface area contributed by atoms with Gasteiger partial charge in [0.1, 0.15) is 6.10 Å². The van der Waals surface area contributed by atoms with Crippen molar-refractivity contribution < 1.29 is 9.53 Å². The van der Waals surface area contributed by atoms with Crippen LogP contribution in [-0.2, 0) is 9.53 Å². The lowest BCUT2D eigenvalue weighted by atomic mass is 10.3. The first-order valence-corrected chi connectivity index (χ1v) is 4.26. The van der Waals surface area contributed by atoms with Crippen molar-refractivity contribution in [3.05, 3.63) is 0 Å². The van der Waals surface area contributed by atoms with Gasteiger partial charge >= 0.3 is 0 Å². The second-order valence-electron chi connectivity index (χ2n) is 2.02. The largest absolute Gasteiger partial charge is 0.369 e. The zero-order chi connectivity index (χ0) is 6.69.